The smallest absolute Gasteiger partial charge is 0.277 e. The average molecular weight is 452 g/mol. The van der Waals surface area contributed by atoms with E-state index in [0.717, 1.165) is 50.9 Å². The Balaban J connectivity index is 1.80. The van der Waals surface area contributed by atoms with E-state index < -0.39 is 0 Å². The molecule has 0 amide bonds. The molecule has 3 aromatic rings. The maximum Gasteiger partial charge on any atom is 0.277 e. The summed E-state index contributed by atoms with van der Waals surface area (Å²) in [5.41, 5.74) is 9.37. The summed E-state index contributed by atoms with van der Waals surface area (Å²) in [4.78, 5) is 27.5. The van der Waals surface area contributed by atoms with Crippen molar-refractivity contribution in [3.05, 3.63) is 34.2 Å². The predicted octanol–water partition coefficient (Wildman–Crippen LogP) is 3.50. The molecular formula is C24H33N7O2. The van der Waals surface area contributed by atoms with E-state index in [1.54, 1.807) is 11.7 Å². The Morgan fingerprint density at radius 2 is 2.00 bits per heavy atom. The Labute approximate surface area is 193 Å². The predicted molar refractivity (Wildman–Crippen MR) is 131 cm³/mol. The molecule has 3 heterocycles. The van der Waals surface area contributed by atoms with Crippen LogP contribution in [0.2, 0.25) is 0 Å². The van der Waals surface area contributed by atoms with Crippen molar-refractivity contribution in [3.63, 3.8) is 0 Å². The largest absolute Gasteiger partial charge is 0.493 e. The van der Waals surface area contributed by atoms with Gasteiger partial charge in [0.25, 0.3) is 5.56 Å². The van der Waals surface area contributed by atoms with Crippen LogP contribution in [0.25, 0.3) is 22.4 Å². The van der Waals surface area contributed by atoms with Gasteiger partial charge in [-0.15, -0.1) is 0 Å². The number of nitrogens with one attached hydrogen (secondary N) is 1. The number of guanidine groups is 1. The standard InChI is InChI=1S/C24H33N7O2/c1-4-9-18-20-21(30(3)29-18)23(32)28-22(27-20)17-15-16(10-11-19(17)33-14-5-2)26-24(25)31-12-7-6-8-13-31/h10-11,15H,4-9,12-14H2,1-3H3,(H2,25,26)(H,27,28,32). The molecule has 0 bridgehead atoms. The highest BCUT2D eigenvalue weighted by Crippen LogP contribution is 2.32. The molecule has 1 fully saturated rings. The molecule has 176 valence electrons. The summed E-state index contributed by atoms with van der Waals surface area (Å²) in [5.74, 6) is 1.60. The molecule has 4 rings (SSSR count). The van der Waals surface area contributed by atoms with Crippen LogP contribution in [0.3, 0.4) is 0 Å². The van der Waals surface area contributed by atoms with Crippen molar-refractivity contribution in [3.8, 4) is 17.1 Å². The number of aromatic amines is 1. The molecular weight excluding hydrogens is 418 g/mol. The number of rotatable bonds is 7. The SMILES string of the molecule is CCCOc1ccc(N=C(N)N2CCCCC2)cc1-c1nc2c(CCC)nn(C)c2c(=O)[nH]1. The Bertz CT molecular complexity index is 1210. The lowest BCUT2D eigenvalue weighted by atomic mass is 10.1. The number of aromatic nitrogens is 4. The second-order valence-electron chi connectivity index (χ2n) is 8.48. The Kier molecular flexibility index (Phi) is 6.96. The Morgan fingerprint density at radius 1 is 1.21 bits per heavy atom. The third kappa shape index (κ3) is 4.86. The van der Waals surface area contributed by atoms with E-state index in [2.05, 4.69) is 33.8 Å². The van der Waals surface area contributed by atoms with Crippen LogP contribution in [0.15, 0.2) is 28.0 Å². The van der Waals surface area contributed by atoms with Crippen LogP contribution in [-0.2, 0) is 13.5 Å². The quantitative estimate of drug-likeness (QED) is 0.420. The highest BCUT2D eigenvalue weighted by Gasteiger charge is 2.18. The van der Waals surface area contributed by atoms with Gasteiger partial charge in [0.1, 0.15) is 17.1 Å². The first kappa shape index (κ1) is 22.8. The number of benzene rings is 1. The number of hydrogen-bond acceptors (Lipinski definition) is 5. The van der Waals surface area contributed by atoms with Gasteiger partial charge >= 0.3 is 0 Å². The van der Waals surface area contributed by atoms with Crippen molar-refractivity contribution in [2.45, 2.75) is 52.4 Å². The molecule has 3 N–H and O–H groups in total. The molecule has 1 aliphatic heterocycles. The highest BCUT2D eigenvalue weighted by molar-refractivity contribution is 5.83. The minimum Gasteiger partial charge on any atom is -0.493 e. The van der Waals surface area contributed by atoms with Crippen molar-refractivity contribution in [1.29, 1.82) is 0 Å². The minimum absolute atomic E-state index is 0.226. The second kappa shape index (κ2) is 10.1. The number of aryl methyl sites for hydroxylation is 2. The molecule has 9 heteroatoms. The van der Waals surface area contributed by atoms with Crippen LogP contribution in [-0.4, -0.2) is 50.3 Å². The number of hydrogen-bond donors (Lipinski definition) is 2. The van der Waals surface area contributed by atoms with Crippen LogP contribution in [0.5, 0.6) is 5.75 Å². The fraction of sp³-hybridized carbons (Fsp3) is 0.500. The van der Waals surface area contributed by atoms with E-state index >= 15 is 0 Å². The second-order valence-corrected chi connectivity index (χ2v) is 8.48. The van der Waals surface area contributed by atoms with Crippen LogP contribution in [0.4, 0.5) is 5.69 Å². The lowest BCUT2D eigenvalue weighted by Crippen LogP contribution is -2.40. The minimum atomic E-state index is -0.226. The van der Waals surface area contributed by atoms with Crippen molar-refractivity contribution in [2.75, 3.05) is 19.7 Å². The molecule has 0 radical (unpaired) electrons. The number of nitrogens with zero attached hydrogens (tertiary/aromatic N) is 5. The lowest BCUT2D eigenvalue weighted by molar-refractivity contribution is 0.318. The zero-order valence-electron chi connectivity index (χ0n) is 19.7. The van der Waals surface area contributed by atoms with Gasteiger partial charge in [-0.2, -0.15) is 5.10 Å². The van der Waals surface area contributed by atoms with Crippen molar-refractivity contribution < 1.29 is 4.74 Å². The molecule has 0 saturated carbocycles. The number of piperidine rings is 1. The van der Waals surface area contributed by atoms with Crippen molar-refractivity contribution in [1.82, 2.24) is 24.6 Å². The number of aliphatic imine (C=N–C) groups is 1. The molecule has 2 aromatic heterocycles. The summed E-state index contributed by atoms with van der Waals surface area (Å²) in [6.07, 6.45) is 6.02. The van der Waals surface area contributed by atoms with Crippen LogP contribution in [0.1, 0.15) is 51.6 Å². The van der Waals surface area contributed by atoms with Gasteiger partial charge in [-0.25, -0.2) is 9.98 Å². The summed E-state index contributed by atoms with van der Waals surface area (Å²) < 4.78 is 7.58. The lowest BCUT2D eigenvalue weighted by Gasteiger charge is -2.27. The van der Waals surface area contributed by atoms with E-state index in [-0.39, 0.29) is 5.56 Å². The van der Waals surface area contributed by atoms with Gasteiger partial charge in [0.2, 0.25) is 0 Å². The van der Waals surface area contributed by atoms with Gasteiger partial charge < -0.3 is 20.4 Å². The van der Waals surface area contributed by atoms with Gasteiger partial charge in [0, 0.05) is 20.1 Å². The fourth-order valence-electron chi connectivity index (χ4n) is 4.22. The molecule has 0 atom stereocenters. The van der Waals surface area contributed by atoms with Crippen molar-refractivity contribution >= 4 is 22.7 Å². The maximum absolute atomic E-state index is 13.0. The molecule has 1 aromatic carbocycles. The fourth-order valence-corrected chi connectivity index (χ4v) is 4.22. The van der Waals surface area contributed by atoms with E-state index in [9.17, 15) is 4.79 Å². The summed E-state index contributed by atoms with van der Waals surface area (Å²) >= 11 is 0. The van der Waals surface area contributed by atoms with E-state index in [4.69, 9.17) is 15.5 Å². The third-order valence-corrected chi connectivity index (χ3v) is 5.85. The number of fused-ring (bicyclic) bond motifs is 1. The van der Waals surface area contributed by atoms with E-state index in [1.165, 1.54) is 6.42 Å². The van der Waals surface area contributed by atoms with Gasteiger partial charge in [-0.1, -0.05) is 20.3 Å². The number of H-pyrrole nitrogens is 1. The third-order valence-electron chi connectivity index (χ3n) is 5.85. The number of likely N-dealkylation sites (tertiary alicyclic amines) is 1. The van der Waals surface area contributed by atoms with Gasteiger partial charge in [-0.05, 0) is 50.3 Å². The average Bonchev–Trinajstić information content (AvgIpc) is 3.14. The topological polar surface area (TPSA) is 114 Å². The monoisotopic (exact) mass is 451 g/mol. The summed E-state index contributed by atoms with van der Waals surface area (Å²) in [6.45, 7) is 6.54. The molecule has 9 nitrogen and oxygen atoms in total. The van der Waals surface area contributed by atoms with E-state index in [0.29, 0.717) is 46.4 Å². The first-order chi connectivity index (χ1) is 16.0. The summed E-state index contributed by atoms with van der Waals surface area (Å²) in [6, 6.07) is 5.63. The summed E-state index contributed by atoms with van der Waals surface area (Å²) in [7, 11) is 1.77. The summed E-state index contributed by atoms with van der Waals surface area (Å²) in [5, 5.41) is 4.51. The molecule has 1 saturated heterocycles. The zero-order chi connectivity index (χ0) is 23.4. The van der Waals surface area contributed by atoms with Gasteiger partial charge in [0.15, 0.2) is 11.5 Å². The number of ether oxygens (including phenoxy) is 1. The Morgan fingerprint density at radius 3 is 2.73 bits per heavy atom. The first-order valence-electron chi connectivity index (χ1n) is 11.8. The maximum atomic E-state index is 13.0. The number of nitrogens with two attached hydrogens (primary N) is 1. The van der Waals surface area contributed by atoms with Crippen molar-refractivity contribution in [2.24, 2.45) is 17.8 Å². The highest BCUT2D eigenvalue weighted by atomic mass is 16.5. The van der Waals surface area contributed by atoms with Crippen LogP contribution >= 0.6 is 0 Å². The molecule has 0 unspecified atom stereocenters. The normalized spacial score (nSPS) is 14.8. The van der Waals surface area contributed by atoms with Crippen LogP contribution in [0, 0.1) is 0 Å². The van der Waals surface area contributed by atoms with Gasteiger partial charge in [0.05, 0.1) is 23.6 Å². The van der Waals surface area contributed by atoms with E-state index in [1.807, 2.05) is 18.2 Å². The molecule has 1 aliphatic rings. The van der Waals surface area contributed by atoms with Crippen LogP contribution < -0.4 is 16.0 Å². The Hall–Kier alpha value is -3.36. The van der Waals surface area contributed by atoms with Gasteiger partial charge in [-0.3, -0.25) is 9.48 Å². The zero-order valence-corrected chi connectivity index (χ0v) is 19.7. The molecule has 0 spiro atoms. The molecule has 0 aliphatic carbocycles. The molecule has 33 heavy (non-hydrogen) atoms. The first-order valence-corrected chi connectivity index (χ1v) is 11.8.